The van der Waals surface area contributed by atoms with Gasteiger partial charge >= 0.3 is 0 Å². The first-order valence-corrected chi connectivity index (χ1v) is 5.78. The topological polar surface area (TPSA) is 0 Å². The third-order valence-electron chi connectivity index (χ3n) is 3.19. The van der Waals surface area contributed by atoms with Crippen LogP contribution in [0.25, 0.3) is 0 Å². The molecule has 4 atom stereocenters. The van der Waals surface area contributed by atoms with Crippen molar-refractivity contribution in [1.82, 2.24) is 0 Å². The van der Waals surface area contributed by atoms with Gasteiger partial charge in [0.05, 0.1) is 0 Å². The summed E-state index contributed by atoms with van der Waals surface area (Å²) in [6.07, 6.45) is 3.56. The van der Waals surface area contributed by atoms with Gasteiger partial charge < -0.3 is 0 Å². The van der Waals surface area contributed by atoms with E-state index < -0.39 is 3.79 Å². The van der Waals surface area contributed by atoms with Crippen LogP contribution in [0.5, 0.6) is 0 Å². The van der Waals surface area contributed by atoms with Crippen molar-refractivity contribution >= 4 is 46.4 Å². The average molecular weight is 248 g/mol. The molecule has 0 N–H and O–H groups in total. The van der Waals surface area contributed by atoms with E-state index in [1.165, 1.54) is 12.8 Å². The second-order valence-electron chi connectivity index (χ2n) is 3.85. The summed E-state index contributed by atoms with van der Waals surface area (Å²) in [5, 5.41) is 0.0799. The maximum atomic E-state index is 6.21. The van der Waals surface area contributed by atoms with Crippen molar-refractivity contribution in [2.24, 2.45) is 17.8 Å². The van der Waals surface area contributed by atoms with Gasteiger partial charge in [-0.2, -0.15) is 0 Å². The molecule has 2 saturated carbocycles. The number of hydrogen-bond donors (Lipinski definition) is 0. The van der Waals surface area contributed by atoms with E-state index in [4.69, 9.17) is 46.4 Å². The average Bonchev–Trinajstić information content (AvgIpc) is 2.42. The minimum absolute atomic E-state index is 0.0721. The van der Waals surface area contributed by atoms with Crippen LogP contribution < -0.4 is 0 Å². The number of rotatable bonds is 0. The molecule has 12 heavy (non-hydrogen) atoms. The number of hydrogen-bond acceptors (Lipinski definition) is 0. The Balaban J connectivity index is 2.17. The van der Waals surface area contributed by atoms with Crippen LogP contribution in [0.4, 0.5) is 0 Å². The fourth-order valence-corrected chi connectivity index (χ4v) is 4.43. The zero-order valence-corrected chi connectivity index (χ0v) is 9.47. The molecule has 0 radical (unpaired) electrons. The van der Waals surface area contributed by atoms with Gasteiger partial charge in [0.1, 0.15) is 0 Å². The van der Waals surface area contributed by atoms with Gasteiger partial charge in [-0.25, -0.2) is 0 Å². The highest BCUT2D eigenvalue weighted by atomic mass is 35.6. The Bertz CT molecular complexity index is 184. The van der Waals surface area contributed by atoms with Gasteiger partial charge in [0.2, 0.25) is 0 Å². The summed E-state index contributed by atoms with van der Waals surface area (Å²) >= 11 is 23.8. The standard InChI is InChI=1S/C8H10Cl4/c9-7-5-2-1-4(3-5)6(7)8(10,11)12/h4-7H,1-3H2/t4-,5-,6-,7+/m0/s1. The molecule has 0 spiro atoms. The van der Waals surface area contributed by atoms with E-state index in [-0.39, 0.29) is 11.3 Å². The lowest BCUT2D eigenvalue weighted by atomic mass is 9.89. The summed E-state index contributed by atoms with van der Waals surface area (Å²) < 4.78 is -1.16. The minimum atomic E-state index is -1.16. The lowest BCUT2D eigenvalue weighted by Gasteiger charge is -2.31. The van der Waals surface area contributed by atoms with E-state index in [0.29, 0.717) is 11.8 Å². The molecule has 70 valence electrons. The van der Waals surface area contributed by atoms with Gasteiger partial charge in [-0.3, -0.25) is 0 Å². The second-order valence-corrected chi connectivity index (χ2v) is 6.72. The van der Waals surface area contributed by atoms with Gasteiger partial charge in [-0.1, -0.05) is 34.8 Å². The van der Waals surface area contributed by atoms with Gasteiger partial charge in [-0.15, -0.1) is 11.6 Å². The van der Waals surface area contributed by atoms with Crippen molar-refractivity contribution in [3.63, 3.8) is 0 Å². The van der Waals surface area contributed by atoms with E-state index >= 15 is 0 Å². The van der Waals surface area contributed by atoms with E-state index in [1.54, 1.807) is 0 Å². The summed E-state index contributed by atoms with van der Waals surface area (Å²) in [6.45, 7) is 0. The Morgan fingerprint density at radius 3 is 1.92 bits per heavy atom. The molecule has 0 saturated heterocycles. The highest BCUT2D eigenvalue weighted by Gasteiger charge is 2.54. The van der Waals surface area contributed by atoms with E-state index in [0.717, 1.165) is 6.42 Å². The molecule has 0 amide bonds. The Morgan fingerprint density at radius 2 is 1.58 bits per heavy atom. The predicted octanol–water partition coefficient (Wildman–Crippen LogP) is 4.01. The SMILES string of the molecule is Cl[C@@H]1[C@H]2CC[C@@H](C2)[C@@H]1C(Cl)(Cl)Cl. The Hall–Kier alpha value is 1.16. The molecule has 0 aromatic heterocycles. The maximum Gasteiger partial charge on any atom is 0.195 e. The molecule has 4 heteroatoms. The van der Waals surface area contributed by atoms with Crippen molar-refractivity contribution in [3.8, 4) is 0 Å². The molecule has 0 aliphatic heterocycles. The maximum absolute atomic E-state index is 6.21. The molecule has 0 heterocycles. The minimum Gasteiger partial charge on any atom is -0.122 e. The van der Waals surface area contributed by atoms with Gasteiger partial charge in [0.15, 0.2) is 3.79 Å². The highest BCUT2D eigenvalue weighted by Crippen LogP contribution is 2.58. The summed E-state index contributed by atoms with van der Waals surface area (Å²) in [6, 6.07) is 0. The fourth-order valence-electron chi connectivity index (χ4n) is 2.67. The molecule has 0 aromatic rings. The molecule has 2 bridgehead atoms. The van der Waals surface area contributed by atoms with E-state index in [1.807, 2.05) is 0 Å². The van der Waals surface area contributed by atoms with Crippen molar-refractivity contribution in [3.05, 3.63) is 0 Å². The highest BCUT2D eigenvalue weighted by molar-refractivity contribution is 6.68. The normalized spacial score (nSPS) is 47.0. The van der Waals surface area contributed by atoms with Crippen molar-refractivity contribution < 1.29 is 0 Å². The zero-order valence-electron chi connectivity index (χ0n) is 6.44. The lowest BCUT2D eigenvalue weighted by molar-refractivity contribution is 0.344. The van der Waals surface area contributed by atoms with Crippen molar-refractivity contribution in [1.29, 1.82) is 0 Å². The zero-order chi connectivity index (χ0) is 8.93. The second kappa shape index (κ2) is 3.08. The monoisotopic (exact) mass is 246 g/mol. The number of halogens is 4. The first-order chi connectivity index (χ1) is 5.50. The van der Waals surface area contributed by atoms with Crippen LogP contribution in [0.1, 0.15) is 19.3 Å². The molecule has 0 aromatic carbocycles. The first kappa shape index (κ1) is 9.71. The van der Waals surface area contributed by atoms with Gasteiger partial charge in [-0.05, 0) is 31.1 Å². The Kier molecular flexibility index (Phi) is 2.49. The molecular formula is C8H10Cl4. The fraction of sp³-hybridized carbons (Fsp3) is 1.00. The molecule has 0 nitrogen and oxygen atoms in total. The lowest BCUT2D eigenvalue weighted by Crippen LogP contribution is -2.33. The van der Waals surface area contributed by atoms with Crippen LogP contribution in [0, 0.1) is 17.8 Å². The molecule has 0 unspecified atom stereocenters. The van der Waals surface area contributed by atoms with Crippen molar-refractivity contribution in [2.45, 2.75) is 28.4 Å². The van der Waals surface area contributed by atoms with E-state index in [2.05, 4.69) is 0 Å². The summed E-state index contributed by atoms with van der Waals surface area (Å²) in [7, 11) is 0. The van der Waals surface area contributed by atoms with Crippen LogP contribution in [-0.4, -0.2) is 9.17 Å². The Labute approximate surface area is 92.5 Å². The van der Waals surface area contributed by atoms with E-state index in [9.17, 15) is 0 Å². The molecule has 2 aliphatic rings. The predicted molar refractivity (Wildman–Crippen MR) is 54.3 cm³/mol. The first-order valence-electron chi connectivity index (χ1n) is 4.21. The van der Waals surface area contributed by atoms with Crippen LogP contribution >= 0.6 is 46.4 Å². The quantitative estimate of drug-likeness (QED) is 0.568. The molecule has 2 fully saturated rings. The van der Waals surface area contributed by atoms with Crippen LogP contribution in [-0.2, 0) is 0 Å². The third kappa shape index (κ3) is 1.45. The molecule has 2 aliphatic carbocycles. The van der Waals surface area contributed by atoms with Gasteiger partial charge in [0, 0.05) is 11.3 Å². The van der Waals surface area contributed by atoms with Crippen LogP contribution in [0.15, 0.2) is 0 Å². The van der Waals surface area contributed by atoms with Gasteiger partial charge in [0.25, 0.3) is 0 Å². The third-order valence-corrected chi connectivity index (χ3v) is 4.58. The van der Waals surface area contributed by atoms with Crippen molar-refractivity contribution in [2.75, 3.05) is 0 Å². The van der Waals surface area contributed by atoms with Crippen LogP contribution in [0.3, 0.4) is 0 Å². The Morgan fingerprint density at radius 1 is 1.00 bits per heavy atom. The number of fused-ring (bicyclic) bond motifs is 2. The smallest absolute Gasteiger partial charge is 0.122 e. The van der Waals surface area contributed by atoms with Crippen LogP contribution in [0.2, 0.25) is 0 Å². The largest absolute Gasteiger partial charge is 0.195 e. The summed E-state index contributed by atoms with van der Waals surface area (Å²) in [5.41, 5.74) is 0. The molecular weight excluding hydrogens is 238 g/mol. The summed E-state index contributed by atoms with van der Waals surface area (Å²) in [5.74, 6) is 1.21. The molecule has 2 rings (SSSR count). The number of alkyl halides is 4. The summed E-state index contributed by atoms with van der Waals surface area (Å²) in [4.78, 5) is 0.